The molecule has 7 nitrogen and oxygen atoms in total. The monoisotopic (exact) mass is 330 g/mol. The van der Waals surface area contributed by atoms with Gasteiger partial charge in [0.05, 0.1) is 6.54 Å². The van der Waals surface area contributed by atoms with E-state index in [4.69, 9.17) is 0 Å². The Kier molecular flexibility index (Phi) is 5.75. The average molecular weight is 330 g/mol. The third-order valence-corrected chi connectivity index (χ3v) is 3.30. The van der Waals surface area contributed by atoms with Crippen LogP contribution in [0.5, 0.6) is 17.2 Å². The molecule has 24 heavy (non-hydrogen) atoms. The number of amides is 1. The van der Waals surface area contributed by atoms with Gasteiger partial charge in [-0.3, -0.25) is 9.59 Å². The molecule has 0 aliphatic heterocycles. The van der Waals surface area contributed by atoms with Crippen molar-refractivity contribution in [1.29, 1.82) is 0 Å². The second kappa shape index (κ2) is 7.98. The van der Waals surface area contributed by atoms with E-state index in [2.05, 4.69) is 10.6 Å². The second-order valence-corrected chi connectivity index (χ2v) is 5.08. The van der Waals surface area contributed by atoms with Gasteiger partial charge in [0, 0.05) is 24.2 Å². The predicted octanol–water partition coefficient (Wildman–Crippen LogP) is 1.01. The predicted molar refractivity (Wildman–Crippen MR) is 87.4 cm³/mol. The van der Waals surface area contributed by atoms with Crippen molar-refractivity contribution in [2.75, 3.05) is 19.6 Å². The van der Waals surface area contributed by atoms with Crippen LogP contribution in [0.25, 0.3) is 0 Å². The molecule has 0 aliphatic carbocycles. The van der Waals surface area contributed by atoms with Crippen molar-refractivity contribution < 1.29 is 24.9 Å². The number of aromatic hydroxyl groups is 3. The highest BCUT2D eigenvalue weighted by atomic mass is 16.3. The molecule has 0 aliphatic rings. The van der Waals surface area contributed by atoms with Gasteiger partial charge in [-0.1, -0.05) is 30.3 Å². The summed E-state index contributed by atoms with van der Waals surface area (Å²) in [6.07, 6.45) is 0. The van der Waals surface area contributed by atoms with Crippen LogP contribution in [0.4, 0.5) is 0 Å². The fraction of sp³-hybridized carbons (Fsp3) is 0.176. The van der Waals surface area contributed by atoms with E-state index in [1.807, 2.05) is 6.07 Å². The van der Waals surface area contributed by atoms with Crippen LogP contribution in [0.3, 0.4) is 0 Å². The summed E-state index contributed by atoms with van der Waals surface area (Å²) in [4.78, 5) is 23.7. The highest BCUT2D eigenvalue weighted by Gasteiger charge is 2.13. The molecular weight excluding hydrogens is 312 g/mol. The molecule has 2 aromatic carbocycles. The molecule has 0 unspecified atom stereocenters. The van der Waals surface area contributed by atoms with Crippen molar-refractivity contribution in [2.45, 2.75) is 0 Å². The molecular formula is C17H18N2O5. The molecule has 5 N–H and O–H groups in total. The molecule has 1 amide bonds. The first-order valence-electron chi connectivity index (χ1n) is 7.31. The van der Waals surface area contributed by atoms with E-state index >= 15 is 0 Å². The molecule has 0 radical (unpaired) electrons. The Balaban J connectivity index is 1.74. The summed E-state index contributed by atoms with van der Waals surface area (Å²) in [7, 11) is 0. The standard InChI is InChI=1S/C17H18N2O5/c20-13-8-12(9-14(21)16(13)23)17(24)19-7-6-18-10-15(22)11-4-2-1-3-5-11/h1-5,8-9,18,20-21,23H,6-7,10H2,(H,19,24). The van der Waals surface area contributed by atoms with Gasteiger partial charge in [-0.2, -0.15) is 0 Å². The van der Waals surface area contributed by atoms with Crippen LogP contribution >= 0.6 is 0 Å². The average Bonchev–Trinajstić information content (AvgIpc) is 2.59. The van der Waals surface area contributed by atoms with Crippen molar-refractivity contribution in [3.8, 4) is 17.2 Å². The van der Waals surface area contributed by atoms with Gasteiger partial charge in [0.2, 0.25) is 0 Å². The van der Waals surface area contributed by atoms with Crippen molar-refractivity contribution in [3.63, 3.8) is 0 Å². The lowest BCUT2D eigenvalue weighted by Crippen LogP contribution is -2.34. The first-order chi connectivity index (χ1) is 11.5. The van der Waals surface area contributed by atoms with Crippen molar-refractivity contribution >= 4 is 11.7 Å². The Morgan fingerprint density at radius 3 is 2.12 bits per heavy atom. The Hall–Kier alpha value is -3.06. The van der Waals surface area contributed by atoms with Gasteiger partial charge >= 0.3 is 0 Å². The minimum absolute atomic E-state index is 0.0168. The van der Waals surface area contributed by atoms with Crippen LogP contribution in [0.15, 0.2) is 42.5 Å². The molecule has 0 spiro atoms. The normalized spacial score (nSPS) is 10.3. The number of carbonyl (C=O) groups excluding carboxylic acids is 2. The van der Waals surface area contributed by atoms with Crippen LogP contribution in [0, 0.1) is 0 Å². The van der Waals surface area contributed by atoms with Gasteiger partial charge in [-0.05, 0) is 12.1 Å². The Bertz CT molecular complexity index is 708. The topological polar surface area (TPSA) is 119 Å². The molecule has 0 saturated heterocycles. The summed E-state index contributed by atoms with van der Waals surface area (Å²) in [5.41, 5.74) is 0.632. The molecule has 2 rings (SSSR count). The van der Waals surface area contributed by atoms with Crippen LogP contribution in [0.2, 0.25) is 0 Å². The van der Waals surface area contributed by atoms with Gasteiger partial charge < -0.3 is 26.0 Å². The number of benzene rings is 2. The van der Waals surface area contributed by atoms with E-state index in [9.17, 15) is 24.9 Å². The van der Waals surface area contributed by atoms with E-state index < -0.39 is 23.2 Å². The van der Waals surface area contributed by atoms with Crippen LogP contribution < -0.4 is 10.6 Å². The van der Waals surface area contributed by atoms with E-state index in [0.29, 0.717) is 12.1 Å². The van der Waals surface area contributed by atoms with Gasteiger partial charge in [0.25, 0.3) is 5.91 Å². The van der Waals surface area contributed by atoms with Crippen molar-refractivity contribution in [2.24, 2.45) is 0 Å². The van der Waals surface area contributed by atoms with Crippen molar-refractivity contribution in [3.05, 3.63) is 53.6 Å². The lowest BCUT2D eigenvalue weighted by Gasteiger charge is -2.08. The van der Waals surface area contributed by atoms with Crippen LogP contribution in [-0.2, 0) is 0 Å². The first-order valence-corrected chi connectivity index (χ1v) is 7.31. The minimum Gasteiger partial charge on any atom is -0.504 e. The Morgan fingerprint density at radius 2 is 1.50 bits per heavy atom. The van der Waals surface area contributed by atoms with Gasteiger partial charge in [-0.15, -0.1) is 0 Å². The Labute approximate surface area is 138 Å². The number of carbonyl (C=O) groups is 2. The number of phenolic OH excluding ortho intramolecular Hbond substituents is 3. The summed E-state index contributed by atoms with van der Waals surface area (Å²) in [5, 5.41) is 33.5. The number of hydrogen-bond acceptors (Lipinski definition) is 6. The number of Topliss-reactive ketones (excluding diaryl/α,β-unsaturated/α-hetero) is 1. The second-order valence-electron chi connectivity index (χ2n) is 5.08. The fourth-order valence-electron chi connectivity index (χ4n) is 2.03. The maximum absolute atomic E-state index is 11.9. The highest BCUT2D eigenvalue weighted by Crippen LogP contribution is 2.35. The number of nitrogens with one attached hydrogen (secondary N) is 2. The largest absolute Gasteiger partial charge is 0.504 e. The zero-order valence-electron chi connectivity index (χ0n) is 12.8. The lowest BCUT2D eigenvalue weighted by molar-refractivity contribution is 0.0953. The number of hydrogen-bond donors (Lipinski definition) is 5. The number of ketones is 1. The number of phenols is 3. The summed E-state index contributed by atoms with van der Waals surface area (Å²) in [5.74, 6) is -2.39. The summed E-state index contributed by atoms with van der Waals surface area (Å²) < 4.78 is 0. The minimum atomic E-state index is -0.673. The molecule has 0 aromatic heterocycles. The van der Waals surface area contributed by atoms with Gasteiger partial charge in [0.15, 0.2) is 23.0 Å². The fourth-order valence-corrected chi connectivity index (χ4v) is 2.03. The molecule has 2 aromatic rings. The summed E-state index contributed by atoms with van der Waals surface area (Å²) in [6, 6.07) is 11.0. The molecule has 0 saturated carbocycles. The zero-order chi connectivity index (χ0) is 17.5. The highest BCUT2D eigenvalue weighted by molar-refractivity contribution is 5.97. The lowest BCUT2D eigenvalue weighted by atomic mass is 10.1. The molecule has 0 bridgehead atoms. The third kappa shape index (κ3) is 4.47. The summed E-state index contributed by atoms with van der Waals surface area (Å²) in [6.45, 7) is 0.782. The quantitative estimate of drug-likeness (QED) is 0.294. The Morgan fingerprint density at radius 1 is 0.875 bits per heavy atom. The van der Waals surface area contributed by atoms with Gasteiger partial charge in [-0.25, -0.2) is 0 Å². The molecule has 126 valence electrons. The van der Waals surface area contributed by atoms with E-state index in [1.54, 1.807) is 24.3 Å². The molecule has 0 fully saturated rings. The molecule has 0 heterocycles. The third-order valence-electron chi connectivity index (χ3n) is 3.30. The van der Waals surface area contributed by atoms with Gasteiger partial charge in [0.1, 0.15) is 0 Å². The molecule has 0 atom stereocenters. The van der Waals surface area contributed by atoms with E-state index in [1.165, 1.54) is 0 Å². The zero-order valence-corrected chi connectivity index (χ0v) is 12.8. The van der Waals surface area contributed by atoms with E-state index in [-0.39, 0.29) is 24.4 Å². The summed E-state index contributed by atoms with van der Waals surface area (Å²) >= 11 is 0. The van der Waals surface area contributed by atoms with Crippen LogP contribution in [0.1, 0.15) is 20.7 Å². The van der Waals surface area contributed by atoms with Crippen molar-refractivity contribution in [1.82, 2.24) is 10.6 Å². The van der Waals surface area contributed by atoms with Crippen LogP contribution in [-0.4, -0.2) is 46.6 Å². The maximum atomic E-state index is 11.9. The molecule has 7 heteroatoms. The van der Waals surface area contributed by atoms with E-state index in [0.717, 1.165) is 12.1 Å². The SMILES string of the molecule is O=C(CNCCNC(=O)c1cc(O)c(O)c(O)c1)c1ccccc1. The maximum Gasteiger partial charge on any atom is 0.251 e. The first kappa shape index (κ1) is 17.3. The number of rotatable bonds is 7. The smallest absolute Gasteiger partial charge is 0.251 e.